The van der Waals surface area contributed by atoms with Crippen LogP contribution in [-0.4, -0.2) is 43.6 Å². The van der Waals surface area contributed by atoms with E-state index in [0.717, 1.165) is 11.6 Å². The molecule has 0 bridgehead atoms. The molecule has 2 aromatic heterocycles. The lowest BCUT2D eigenvalue weighted by Crippen LogP contribution is -2.35. The number of hydrogen-bond acceptors (Lipinski definition) is 6. The third kappa shape index (κ3) is 5.17. The van der Waals surface area contributed by atoms with E-state index in [1.54, 1.807) is 36.4 Å². The number of nitrogens with zero attached hydrogens (tertiary/aromatic N) is 6. The summed E-state index contributed by atoms with van der Waals surface area (Å²) in [5.74, 6) is 2.20. The summed E-state index contributed by atoms with van der Waals surface area (Å²) < 4.78 is 45.6. The number of ether oxygens (including phenoxy) is 2. The number of sulfone groups is 1. The molecule has 0 aliphatic rings. The first-order chi connectivity index (χ1) is 17.6. The fourth-order valence-corrected chi connectivity index (χ4v) is 5.31. The number of hydrogen-bond donors (Lipinski definition) is 0. The molecule has 2 heterocycles. The van der Waals surface area contributed by atoms with Crippen LogP contribution in [-0.2, 0) is 47.5 Å². The van der Waals surface area contributed by atoms with Crippen molar-refractivity contribution in [1.29, 1.82) is 0 Å². The molecule has 0 spiro atoms. The van der Waals surface area contributed by atoms with Crippen molar-refractivity contribution in [3.8, 4) is 0 Å². The van der Waals surface area contributed by atoms with Gasteiger partial charge in [-0.3, -0.25) is 0 Å². The highest BCUT2D eigenvalue weighted by molar-refractivity contribution is 7.91. The van der Waals surface area contributed by atoms with Crippen LogP contribution in [0.1, 0.15) is 11.6 Å². The van der Waals surface area contributed by atoms with Crippen molar-refractivity contribution in [2.24, 2.45) is 38.2 Å². The molecule has 0 N–H and O–H groups in total. The molecular weight excluding hydrogens is 492 g/mol. The summed E-state index contributed by atoms with van der Waals surface area (Å²) in [6, 6.07) is 12.9. The topological polar surface area (TPSA) is 94.9 Å². The molecular formula is C26H30N6O4S+2. The first kappa shape index (κ1) is 25.8. The molecule has 0 fully saturated rings. The number of rotatable bonds is 6. The molecule has 37 heavy (non-hydrogen) atoms. The Morgan fingerprint density at radius 3 is 1.49 bits per heavy atom. The molecule has 10 nitrogen and oxygen atoms in total. The molecule has 0 saturated carbocycles. The van der Waals surface area contributed by atoms with Gasteiger partial charge in [-0.2, -0.15) is 0 Å². The third-order valence-corrected chi connectivity index (χ3v) is 7.60. The summed E-state index contributed by atoms with van der Waals surface area (Å²) in [5.41, 5.74) is 0.900. The van der Waals surface area contributed by atoms with Gasteiger partial charge in [0.05, 0.1) is 63.6 Å². The quantitative estimate of drug-likeness (QED) is 0.221. The van der Waals surface area contributed by atoms with Crippen molar-refractivity contribution in [2.45, 2.75) is 9.79 Å². The lowest BCUT2D eigenvalue weighted by atomic mass is 10.3. The molecule has 0 amide bonds. The van der Waals surface area contributed by atoms with E-state index in [1.165, 1.54) is 26.4 Å². The predicted molar refractivity (Wildman–Crippen MR) is 138 cm³/mol. The van der Waals surface area contributed by atoms with Crippen LogP contribution < -0.4 is 9.13 Å². The average Bonchev–Trinajstić information content (AvgIpc) is 3.41. The molecule has 192 valence electrons. The molecule has 0 radical (unpaired) electrons. The van der Waals surface area contributed by atoms with Gasteiger partial charge < -0.3 is 9.47 Å². The molecule has 2 aromatic carbocycles. The number of aliphatic imine (C=N–C) groups is 2. The van der Waals surface area contributed by atoms with Crippen LogP contribution in [0, 0.1) is 0 Å². The lowest BCUT2D eigenvalue weighted by molar-refractivity contribution is -0.672. The summed E-state index contributed by atoms with van der Waals surface area (Å²) in [5, 5.41) is 0. The second kappa shape index (κ2) is 10.4. The van der Waals surface area contributed by atoms with E-state index in [0.29, 0.717) is 23.2 Å². The van der Waals surface area contributed by atoms with Crippen LogP contribution in [0.3, 0.4) is 0 Å². The Kier molecular flexibility index (Phi) is 7.25. The smallest absolute Gasteiger partial charge is 0.344 e. The average molecular weight is 523 g/mol. The van der Waals surface area contributed by atoms with Crippen molar-refractivity contribution in [3.63, 3.8) is 0 Å². The summed E-state index contributed by atoms with van der Waals surface area (Å²) in [7, 11) is 6.74. The molecule has 0 saturated heterocycles. The van der Waals surface area contributed by atoms with Crippen LogP contribution >= 0.6 is 0 Å². The van der Waals surface area contributed by atoms with Crippen LogP contribution in [0.15, 0.2) is 93.1 Å². The molecule has 0 aliphatic carbocycles. The highest BCUT2D eigenvalue weighted by Crippen LogP contribution is 2.27. The van der Waals surface area contributed by atoms with Crippen molar-refractivity contribution in [2.75, 3.05) is 14.2 Å². The Bertz CT molecular complexity index is 1460. The second-order valence-corrected chi connectivity index (χ2v) is 10.4. The zero-order valence-corrected chi connectivity index (χ0v) is 22.5. The number of imidazole rings is 2. The molecule has 4 rings (SSSR count). The number of aromatic nitrogens is 4. The minimum atomic E-state index is -3.85. The van der Waals surface area contributed by atoms with E-state index < -0.39 is 9.84 Å². The summed E-state index contributed by atoms with van der Waals surface area (Å²) >= 11 is 0. The zero-order valence-electron chi connectivity index (χ0n) is 21.7. The Morgan fingerprint density at radius 1 is 0.757 bits per heavy atom. The van der Waals surface area contributed by atoms with Crippen LogP contribution in [0.4, 0.5) is 11.4 Å². The largest absolute Gasteiger partial charge is 0.475 e. The molecule has 4 aromatic rings. The zero-order chi connectivity index (χ0) is 26.7. The van der Waals surface area contributed by atoms with Gasteiger partial charge in [-0.05, 0) is 36.4 Å². The van der Waals surface area contributed by atoms with Crippen LogP contribution in [0.25, 0.3) is 0 Å². The van der Waals surface area contributed by atoms with Gasteiger partial charge in [0.2, 0.25) is 9.84 Å². The molecule has 0 atom stereocenters. The van der Waals surface area contributed by atoms with Crippen molar-refractivity contribution < 1.29 is 27.0 Å². The van der Waals surface area contributed by atoms with Crippen molar-refractivity contribution in [3.05, 3.63) is 85.0 Å². The van der Waals surface area contributed by atoms with Gasteiger partial charge in [-0.1, -0.05) is 12.1 Å². The van der Waals surface area contributed by atoms with Gasteiger partial charge in [0.15, 0.2) is 0 Å². The van der Waals surface area contributed by atoms with Crippen molar-refractivity contribution in [1.82, 2.24) is 9.13 Å². The molecule has 0 unspecified atom stereocenters. The number of aryl methyl sites for hydroxylation is 4. The maximum atomic E-state index is 13.5. The van der Waals surface area contributed by atoms with Gasteiger partial charge in [0, 0.05) is 0 Å². The van der Waals surface area contributed by atoms with E-state index in [9.17, 15) is 8.42 Å². The minimum Gasteiger partial charge on any atom is -0.475 e. The maximum Gasteiger partial charge on any atom is 0.344 e. The molecule has 0 aliphatic heterocycles. The highest BCUT2D eigenvalue weighted by Gasteiger charge is 2.23. The summed E-state index contributed by atoms with van der Waals surface area (Å²) in [6.45, 7) is 0. The van der Waals surface area contributed by atoms with Gasteiger partial charge in [-0.15, -0.1) is 0 Å². The standard InChI is InChI=1S/C26H30N6O4S/c1-29-13-14-30(2)25(29)23(35-5)27-19-9-7-11-21(17-19)37(33,34)22-12-8-10-20(18-22)28-24(36-6)26-31(3)15-16-32(26)4/h7-18H,1-6H3/q+2. The Morgan fingerprint density at radius 2 is 1.16 bits per heavy atom. The van der Waals surface area contributed by atoms with Gasteiger partial charge in [0.1, 0.15) is 24.8 Å². The first-order valence-corrected chi connectivity index (χ1v) is 12.9. The third-order valence-electron chi connectivity index (χ3n) is 5.85. The summed E-state index contributed by atoms with van der Waals surface area (Å²) in [4.78, 5) is 9.36. The first-order valence-electron chi connectivity index (χ1n) is 11.4. The van der Waals surface area contributed by atoms with Gasteiger partial charge >= 0.3 is 23.4 Å². The number of benzene rings is 2. The lowest BCUT2D eigenvalue weighted by Gasteiger charge is -2.08. The van der Waals surface area contributed by atoms with E-state index in [4.69, 9.17) is 9.47 Å². The molecule has 11 heteroatoms. The van der Waals surface area contributed by atoms with E-state index in [1.807, 2.05) is 71.2 Å². The Balaban J connectivity index is 1.71. The fourth-order valence-electron chi connectivity index (χ4n) is 3.97. The Hall–Kier alpha value is -4.25. The maximum absolute atomic E-state index is 13.5. The summed E-state index contributed by atoms with van der Waals surface area (Å²) in [6.07, 6.45) is 7.53. The fraction of sp³-hybridized carbons (Fsp3) is 0.231. The van der Waals surface area contributed by atoms with Crippen LogP contribution in [0.2, 0.25) is 0 Å². The van der Waals surface area contributed by atoms with E-state index in [-0.39, 0.29) is 9.79 Å². The van der Waals surface area contributed by atoms with Gasteiger partial charge in [-0.25, -0.2) is 36.7 Å². The van der Waals surface area contributed by atoms with Crippen molar-refractivity contribution >= 4 is 33.0 Å². The van der Waals surface area contributed by atoms with Crippen LogP contribution in [0.5, 0.6) is 0 Å². The normalized spacial score (nSPS) is 12.6. The van der Waals surface area contributed by atoms with Gasteiger partial charge in [0.25, 0.3) is 0 Å². The predicted octanol–water partition coefficient (Wildman–Crippen LogP) is 2.29. The Labute approximate surface area is 216 Å². The second-order valence-electron chi connectivity index (χ2n) is 8.43. The monoisotopic (exact) mass is 522 g/mol. The van der Waals surface area contributed by atoms with E-state index >= 15 is 0 Å². The minimum absolute atomic E-state index is 0.113. The number of methoxy groups -OCH3 is 2. The SMILES string of the molecule is COC(=Nc1cccc(S(=O)(=O)c2cccc(N=C(OC)c3n(C)cc[n+]3C)c2)c1)c1n(C)cc[n+]1C. The highest BCUT2D eigenvalue weighted by atomic mass is 32.2. The van der Waals surface area contributed by atoms with E-state index in [2.05, 4.69) is 9.98 Å².